The van der Waals surface area contributed by atoms with Crippen molar-refractivity contribution in [2.45, 2.75) is 0 Å². The summed E-state index contributed by atoms with van der Waals surface area (Å²) in [5, 5.41) is 0. The third-order valence-corrected chi connectivity index (χ3v) is 0. The molecule has 0 amide bonds. The normalized spacial score (nSPS) is 1.00. The van der Waals surface area contributed by atoms with Crippen LogP contribution in [0.25, 0.3) is 0 Å². The Morgan fingerprint density at radius 2 is 0.833 bits per heavy atom. The van der Waals surface area contributed by atoms with Gasteiger partial charge in [0.15, 0.2) is 0 Å². The zero-order valence-electron chi connectivity index (χ0n) is 3.21. The molecule has 0 unspecified atom stereocenters. The average molecular weight is 478 g/mol. The van der Waals surface area contributed by atoms with Crippen LogP contribution in [0, 0.1) is 0 Å². The first kappa shape index (κ1) is 40.4. The van der Waals surface area contributed by atoms with Gasteiger partial charge in [-0.2, -0.15) is 0 Å². The molecule has 0 aromatic carbocycles. The van der Waals surface area contributed by atoms with Gasteiger partial charge in [0.05, 0.1) is 0 Å². The number of halogens is 3. The molecule has 0 heterocycles. The minimum Gasteiger partial charge on any atom is -1.00 e. The summed E-state index contributed by atoms with van der Waals surface area (Å²) < 4.78 is 0. The van der Waals surface area contributed by atoms with Gasteiger partial charge < -0.3 is 56.7 Å². The van der Waals surface area contributed by atoms with Crippen LogP contribution in [0.1, 0.15) is 0 Å². The molecular formula is CH5Br3NPb-3. The Bertz CT molecular complexity index is 10.8. The minimum absolute atomic E-state index is 0. The first-order chi connectivity index (χ1) is 1.00. The SMILES string of the molecule is CN.[Br-].[Br-].[Br-].[Pb]. The second kappa shape index (κ2) is 54.3. The van der Waals surface area contributed by atoms with E-state index in [0.29, 0.717) is 0 Å². The summed E-state index contributed by atoms with van der Waals surface area (Å²) in [7, 11) is 1.50. The van der Waals surface area contributed by atoms with Crippen molar-refractivity contribution in [1.82, 2.24) is 0 Å². The van der Waals surface area contributed by atoms with E-state index in [1.165, 1.54) is 7.05 Å². The maximum atomic E-state index is 4.50. The van der Waals surface area contributed by atoms with E-state index in [9.17, 15) is 0 Å². The summed E-state index contributed by atoms with van der Waals surface area (Å²) >= 11 is 0. The average Bonchev–Trinajstić information content (AvgIpc) is 1.00. The fourth-order valence-electron chi connectivity index (χ4n) is 0. The van der Waals surface area contributed by atoms with Crippen molar-refractivity contribution in [2.24, 2.45) is 5.73 Å². The van der Waals surface area contributed by atoms with Gasteiger partial charge in [0.2, 0.25) is 0 Å². The summed E-state index contributed by atoms with van der Waals surface area (Å²) in [6.07, 6.45) is 0. The van der Waals surface area contributed by atoms with Crippen LogP contribution in [-0.2, 0) is 0 Å². The molecule has 0 aliphatic carbocycles. The summed E-state index contributed by atoms with van der Waals surface area (Å²) in [4.78, 5) is 0. The van der Waals surface area contributed by atoms with Crippen LogP contribution >= 0.6 is 0 Å². The molecule has 1 nitrogen and oxygen atoms in total. The van der Waals surface area contributed by atoms with E-state index in [4.69, 9.17) is 0 Å². The van der Waals surface area contributed by atoms with Crippen LogP contribution in [0.4, 0.5) is 0 Å². The van der Waals surface area contributed by atoms with E-state index in [1.807, 2.05) is 0 Å². The molecule has 0 aromatic rings. The van der Waals surface area contributed by atoms with Crippen LogP contribution in [0.5, 0.6) is 0 Å². The molecule has 0 aliphatic rings. The number of hydrogen-bond acceptors (Lipinski definition) is 1. The monoisotopic (exact) mass is 476 g/mol. The summed E-state index contributed by atoms with van der Waals surface area (Å²) in [5.41, 5.74) is 4.50. The Hall–Kier alpha value is 2.32. The molecule has 0 bridgehead atoms. The van der Waals surface area contributed by atoms with E-state index >= 15 is 0 Å². The molecule has 0 saturated carbocycles. The Labute approximate surface area is 89.9 Å². The molecule has 42 valence electrons. The van der Waals surface area contributed by atoms with Crippen molar-refractivity contribution in [3.8, 4) is 0 Å². The molecule has 2 N–H and O–H groups in total. The van der Waals surface area contributed by atoms with Crippen molar-refractivity contribution in [2.75, 3.05) is 7.05 Å². The van der Waals surface area contributed by atoms with Crippen LogP contribution in [0.15, 0.2) is 0 Å². The van der Waals surface area contributed by atoms with Gasteiger partial charge in [-0.3, -0.25) is 0 Å². The fraction of sp³-hybridized carbons (Fsp3) is 1.00. The van der Waals surface area contributed by atoms with Gasteiger partial charge in [-0.05, 0) is 7.05 Å². The van der Waals surface area contributed by atoms with E-state index in [2.05, 4.69) is 5.73 Å². The molecule has 4 radical (unpaired) electrons. The van der Waals surface area contributed by atoms with Gasteiger partial charge in [-0.15, -0.1) is 0 Å². The van der Waals surface area contributed by atoms with Crippen molar-refractivity contribution in [3.05, 3.63) is 0 Å². The maximum absolute atomic E-state index is 4.50. The van der Waals surface area contributed by atoms with E-state index < -0.39 is 0 Å². The molecule has 0 spiro atoms. The molecule has 0 fully saturated rings. The number of rotatable bonds is 0. The zero-order chi connectivity index (χ0) is 2.00. The van der Waals surface area contributed by atoms with Crippen molar-refractivity contribution >= 4 is 27.3 Å². The smallest absolute Gasteiger partial charge is 0 e. The van der Waals surface area contributed by atoms with Gasteiger partial charge in [0, 0.05) is 27.3 Å². The second-order valence-corrected chi connectivity index (χ2v) is 0. The summed E-state index contributed by atoms with van der Waals surface area (Å²) in [6.45, 7) is 0. The quantitative estimate of drug-likeness (QED) is 0.345. The van der Waals surface area contributed by atoms with Gasteiger partial charge in [-0.1, -0.05) is 0 Å². The predicted molar refractivity (Wildman–Crippen MR) is 15.9 cm³/mol. The Morgan fingerprint density at radius 1 is 0.833 bits per heavy atom. The number of nitrogens with two attached hydrogens (primary N) is 1. The van der Waals surface area contributed by atoms with Crippen LogP contribution < -0.4 is 56.7 Å². The second-order valence-electron chi connectivity index (χ2n) is 0. The zero-order valence-corrected chi connectivity index (χ0v) is 11.9. The summed E-state index contributed by atoms with van der Waals surface area (Å²) in [6, 6.07) is 0. The van der Waals surface area contributed by atoms with Crippen molar-refractivity contribution in [1.29, 1.82) is 0 Å². The van der Waals surface area contributed by atoms with E-state index in [0.717, 1.165) is 0 Å². The van der Waals surface area contributed by atoms with Gasteiger partial charge in [0.25, 0.3) is 0 Å². The topological polar surface area (TPSA) is 26.0 Å². The largest absolute Gasteiger partial charge is 1.00 e. The van der Waals surface area contributed by atoms with E-state index in [-0.39, 0.29) is 78.2 Å². The third kappa shape index (κ3) is 33.2. The van der Waals surface area contributed by atoms with Crippen molar-refractivity contribution in [3.63, 3.8) is 0 Å². The van der Waals surface area contributed by atoms with Gasteiger partial charge >= 0.3 is 0 Å². The standard InChI is InChI=1S/CH5N.3BrH.Pb/c1-2;;;;/h2H2,1H3;3*1H;/p-3. The predicted octanol–water partition coefficient (Wildman–Crippen LogP) is -9.79. The molecule has 0 aromatic heterocycles. The minimum atomic E-state index is 0. The molecule has 6 heavy (non-hydrogen) atoms. The summed E-state index contributed by atoms with van der Waals surface area (Å²) in [5.74, 6) is 0. The first-order valence-electron chi connectivity index (χ1n) is 0.577. The Balaban J connectivity index is -0.000000000833. The maximum Gasteiger partial charge on any atom is 0 e. The van der Waals surface area contributed by atoms with E-state index in [1.54, 1.807) is 0 Å². The first-order valence-corrected chi connectivity index (χ1v) is 0.577. The van der Waals surface area contributed by atoms with Crippen LogP contribution in [-0.4, -0.2) is 34.3 Å². The molecule has 5 heteroatoms. The van der Waals surface area contributed by atoms with Gasteiger partial charge in [-0.25, -0.2) is 0 Å². The molecule has 0 aliphatic heterocycles. The van der Waals surface area contributed by atoms with Crippen molar-refractivity contribution < 1.29 is 50.9 Å². The van der Waals surface area contributed by atoms with Crippen LogP contribution in [0.3, 0.4) is 0 Å². The Kier molecular flexibility index (Phi) is 366. The van der Waals surface area contributed by atoms with Crippen LogP contribution in [0.2, 0.25) is 0 Å². The molecule has 0 rings (SSSR count). The Morgan fingerprint density at radius 3 is 0.833 bits per heavy atom. The molecule has 0 saturated heterocycles. The molecular weight excluding hydrogens is 473 g/mol. The third-order valence-electron chi connectivity index (χ3n) is 0. The molecule has 0 atom stereocenters. The fourth-order valence-corrected chi connectivity index (χ4v) is 0. The number of hydrogen-bond donors (Lipinski definition) is 1. The van der Waals surface area contributed by atoms with Gasteiger partial charge in [0.1, 0.15) is 0 Å².